The van der Waals surface area contributed by atoms with Crippen LogP contribution in [-0.4, -0.2) is 56.4 Å². The maximum Gasteiger partial charge on any atom is 0.527 e. The maximum absolute atomic E-state index is 15.3. The van der Waals surface area contributed by atoms with E-state index in [1.165, 1.54) is 38.5 Å². The molecule has 0 radical (unpaired) electrons. The summed E-state index contributed by atoms with van der Waals surface area (Å²) in [6.45, 7) is 3.54. The van der Waals surface area contributed by atoms with Crippen molar-refractivity contribution >= 4 is 0 Å². The molecule has 5 rings (SSSR count). The van der Waals surface area contributed by atoms with Crippen molar-refractivity contribution in [2.24, 2.45) is 41.4 Å². The molecule has 0 aromatic heterocycles. The van der Waals surface area contributed by atoms with Crippen molar-refractivity contribution in [1.82, 2.24) is 0 Å². The van der Waals surface area contributed by atoms with Crippen LogP contribution in [0.2, 0.25) is 0 Å². The third-order valence-corrected chi connectivity index (χ3v) is 12.0. The van der Waals surface area contributed by atoms with Crippen LogP contribution in [0.25, 0.3) is 0 Å². The first-order chi connectivity index (χ1) is 23.0. The number of alkyl halides is 9. The van der Waals surface area contributed by atoms with Crippen LogP contribution in [0.5, 0.6) is 0 Å². The Morgan fingerprint density at radius 1 is 0.490 bits per heavy atom. The smallest absolute Gasteiger partial charge is 0.352 e. The zero-order valence-corrected chi connectivity index (χ0v) is 28.4. The van der Waals surface area contributed by atoms with Gasteiger partial charge in [-0.05, 0) is 102 Å². The highest BCUT2D eigenvalue weighted by molar-refractivity contribution is 4.86. The molecule has 0 atom stereocenters. The summed E-state index contributed by atoms with van der Waals surface area (Å²) in [5.74, 6) is -2.12. The molecule has 1 heterocycles. The van der Waals surface area contributed by atoms with Crippen LogP contribution in [0.3, 0.4) is 0 Å². The van der Waals surface area contributed by atoms with Crippen molar-refractivity contribution in [3.05, 3.63) is 0 Å². The highest BCUT2D eigenvalue weighted by Gasteiger charge is 2.53. The topological polar surface area (TPSA) is 46.2 Å². The zero-order chi connectivity index (χ0) is 35.5. The van der Waals surface area contributed by atoms with Crippen molar-refractivity contribution in [2.45, 2.75) is 166 Å². The van der Waals surface area contributed by atoms with Gasteiger partial charge in [0.25, 0.3) is 0 Å². The Labute approximate surface area is 283 Å². The van der Waals surface area contributed by atoms with Gasteiger partial charge in [0.2, 0.25) is 0 Å². The Morgan fingerprint density at radius 3 is 1.33 bits per heavy atom. The average molecular weight is 725 g/mol. The molecule has 4 aliphatic carbocycles. The fourth-order valence-corrected chi connectivity index (χ4v) is 9.07. The van der Waals surface area contributed by atoms with Crippen molar-refractivity contribution in [1.29, 1.82) is 0 Å². The van der Waals surface area contributed by atoms with Crippen LogP contribution in [-0.2, 0) is 23.7 Å². The molecule has 0 amide bonds. The summed E-state index contributed by atoms with van der Waals surface area (Å²) >= 11 is 0. The Bertz CT molecular complexity index is 990. The van der Waals surface area contributed by atoms with E-state index in [-0.39, 0.29) is 63.6 Å². The van der Waals surface area contributed by atoms with Crippen LogP contribution in [0.1, 0.15) is 122 Å². The van der Waals surface area contributed by atoms with Gasteiger partial charge in [0.15, 0.2) is 6.29 Å². The fourth-order valence-electron chi connectivity index (χ4n) is 9.07. The molecule has 0 aromatic rings. The molecular formula is C35H53F9O5. The Kier molecular flexibility index (Phi) is 13.2. The molecule has 5 nitrogen and oxygen atoms in total. The molecule has 5 aliphatic rings. The van der Waals surface area contributed by atoms with Gasteiger partial charge in [0, 0.05) is 11.8 Å². The van der Waals surface area contributed by atoms with Gasteiger partial charge in [-0.1, -0.05) is 32.6 Å². The molecule has 0 spiro atoms. The molecule has 49 heavy (non-hydrogen) atoms. The zero-order valence-electron chi connectivity index (χ0n) is 28.4. The van der Waals surface area contributed by atoms with Crippen LogP contribution in [0, 0.1) is 41.4 Å². The standard InChI is InChI=1S/C35H53F9O5/c1-2-3-22-4-6-23(7-5-22)25-20-45-31(46-21-25)24-8-10-26(11-9-24)32(36,37)47-29-16-12-27(13-17-29)33(38,39)48-30-18-14-28(15-19-30)34(40,41)49-35(42,43)44/h22-31H,2-21H2,1H3. The molecule has 286 valence electrons. The first-order valence-electron chi connectivity index (χ1n) is 18.5. The van der Waals surface area contributed by atoms with Crippen molar-refractivity contribution < 1.29 is 63.2 Å². The van der Waals surface area contributed by atoms with Gasteiger partial charge in [0.05, 0.1) is 43.2 Å². The summed E-state index contributed by atoms with van der Waals surface area (Å²) in [5, 5.41) is 0. The lowest BCUT2D eigenvalue weighted by Crippen LogP contribution is -2.45. The second kappa shape index (κ2) is 16.5. The second-order valence-electron chi connectivity index (χ2n) is 15.4. The molecule has 1 aliphatic heterocycles. The molecule has 4 saturated carbocycles. The largest absolute Gasteiger partial charge is 0.527 e. The van der Waals surface area contributed by atoms with Crippen LogP contribution < -0.4 is 0 Å². The molecule has 0 bridgehead atoms. The van der Waals surface area contributed by atoms with Gasteiger partial charge >= 0.3 is 24.7 Å². The molecule has 1 saturated heterocycles. The lowest BCUT2D eigenvalue weighted by Gasteiger charge is -2.42. The number of hydrogen-bond donors (Lipinski definition) is 0. The minimum atomic E-state index is -5.52. The maximum atomic E-state index is 15.3. The summed E-state index contributed by atoms with van der Waals surface area (Å²) in [5.41, 5.74) is 0. The molecule has 0 unspecified atom stereocenters. The van der Waals surface area contributed by atoms with Crippen molar-refractivity contribution in [2.75, 3.05) is 13.2 Å². The Hall–Kier alpha value is -0.830. The quantitative estimate of drug-likeness (QED) is 0.188. The summed E-state index contributed by atoms with van der Waals surface area (Å²) in [6, 6.07) is 0. The highest BCUT2D eigenvalue weighted by Crippen LogP contribution is 2.47. The van der Waals surface area contributed by atoms with Gasteiger partial charge in [-0.3, -0.25) is 0 Å². The van der Waals surface area contributed by atoms with E-state index >= 15 is 8.78 Å². The van der Waals surface area contributed by atoms with E-state index in [9.17, 15) is 30.7 Å². The minimum Gasteiger partial charge on any atom is -0.352 e. The molecular weight excluding hydrogens is 671 g/mol. The number of hydrogen-bond acceptors (Lipinski definition) is 5. The van der Waals surface area contributed by atoms with Crippen LogP contribution in [0.15, 0.2) is 0 Å². The van der Waals surface area contributed by atoms with Gasteiger partial charge in [-0.2, -0.15) is 26.3 Å². The molecule has 14 heteroatoms. The minimum absolute atomic E-state index is 0.00648. The van der Waals surface area contributed by atoms with E-state index in [0.29, 0.717) is 37.9 Å². The van der Waals surface area contributed by atoms with E-state index in [2.05, 4.69) is 11.7 Å². The predicted octanol–water partition coefficient (Wildman–Crippen LogP) is 10.9. The lowest BCUT2D eigenvalue weighted by atomic mass is 9.74. The van der Waals surface area contributed by atoms with Gasteiger partial charge < -0.3 is 18.9 Å². The third-order valence-electron chi connectivity index (χ3n) is 12.0. The summed E-state index contributed by atoms with van der Waals surface area (Å²) in [7, 11) is 0. The normalized spacial score (nSPS) is 37.6. The summed E-state index contributed by atoms with van der Waals surface area (Å²) < 4.78 is 150. The first kappa shape index (κ1) is 39.4. The highest BCUT2D eigenvalue weighted by atomic mass is 19.4. The van der Waals surface area contributed by atoms with E-state index < -0.39 is 67.5 Å². The summed E-state index contributed by atoms with van der Waals surface area (Å²) in [4.78, 5) is 0. The van der Waals surface area contributed by atoms with Crippen molar-refractivity contribution in [3.63, 3.8) is 0 Å². The van der Waals surface area contributed by atoms with E-state index in [1.54, 1.807) is 0 Å². The van der Waals surface area contributed by atoms with E-state index in [0.717, 1.165) is 5.92 Å². The van der Waals surface area contributed by atoms with E-state index in [4.69, 9.17) is 18.9 Å². The average Bonchev–Trinajstić information content (AvgIpc) is 3.04. The predicted molar refractivity (Wildman–Crippen MR) is 161 cm³/mol. The Balaban J connectivity index is 0.982. The van der Waals surface area contributed by atoms with Gasteiger partial charge in [0.1, 0.15) is 0 Å². The second-order valence-corrected chi connectivity index (χ2v) is 15.4. The van der Waals surface area contributed by atoms with Crippen LogP contribution in [0.4, 0.5) is 39.5 Å². The molecule has 0 aromatic carbocycles. The lowest BCUT2D eigenvalue weighted by molar-refractivity contribution is -0.439. The number of rotatable bonds is 12. The first-order valence-corrected chi connectivity index (χ1v) is 18.5. The monoisotopic (exact) mass is 724 g/mol. The SMILES string of the molecule is CCCC1CCC(C2COC(C3CCC(C(F)(F)OC4CCC(C(F)(F)OC5CCC(C(F)(F)OC(F)(F)F)CC5)CC4)CC3)OC2)CC1. The Morgan fingerprint density at radius 2 is 0.898 bits per heavy atom. The number of halogens is 9. The third kappa shape index (κ3) is 10.9. The van der Waals surface area contributed by atoms with Crippen molar-refractivity contribution in [3.8, 4) is 0 Å². The molecule has 0 N–H and O–H groups in total. The molecule has 5 fully saturated rings. The summed E-state index contributed by atoms with van der Waals surface area (Å²) in [6.07, 6.45) is -12.0. The van der Waals surface area contributed by atoms with E-state index in [1.807, 2.05) is 0 Å². The van der Waals surface area contributed by atoms with Gasteiger partial charge in [-0.15, -0.1) is 13.2 Å². The number of ether oxygens (including phenoxy) is 5. The fraction of sp³-hybridized carbons (Fsp3) is 1.00. The van der Waals surface area contributed by atoms with Gasteiger partial charge in [-0.25, -0.2) is 4.74 Å². The van der Waals surface area contributed by atoms with Crippen LogP contribution >= 0.6 is 0 Å².